The van der Waals surface area contributed by atoms with E-state index < -0.39 is 0 Å². The molecular weight excluding hydrogens is 383 g/mol. The third-order valence-corrected chi connectivity index (χ3v) is 5.17. The zero-order valence-corrected chi connectivity index (χ0v) is 17.7. The number of aliphatic hydroxyl groups is 1. The van der Waals surface area contributed by atoms with Gasteiger partial charge in [0, 0.05) is 24.3 Å². The molecule has 148 valence electrons. The van der Waals surface area contributed by atoms with Gasteiger partial charge < -0.3 is 14.6 Å². The van der Waals surface area contributed by atoms with Gasteiger partial charge in [-0.2, -0.15) is 0 Å². The van der Waals surface area contributed by atoms with Crippen LogP contribution in [0.2, 0.25) is 5.02 Å². The summed E-state index contributed by atoms with van der Waals surface area (Å²) in [5, 5.41) is 9.46. The first-order valence-corrected chi connectivity index (χ1v) is 10.1. The van der Waals surface area contributed by atoms with Crippen molar-refractivity contribution < 1.29 is 14.6 Å². The standard InChI is InChI=1S/C22H28Cl2O3/c1-16-14-18(15-20(24)21(16)27-12-4-10-23)22(2,3)17-6-8-19(9-7-17)26-13-5-11-25/h6-9,14-15,25H,4-5,10-13H2,1-3H3. The summed E-state index contributed by atoms with van der Waals surface area (Å²) >= 11 is 12.2. The smallest absolute Gasteiger partial charge is 0.140 e. The highest BCUT2D eigenvalue weighted by Crippen LogP contribution is 2.38. The number of hydrogen-bond donors (Lipinski definition) is 1. The number of ether oxygens (including phenoxy) is 2. The molecule has 0 bridgehead atoms. The molecule has 0 aliphatic carbocycles. The van der Waals surface area contributed by atoms with Crippen molar-refractivity contribution in [2.45, 2.75) is 39.0 Å². The van der Waals surface area contributed by atoms with E-state index in [-0.39, 0.29) is 12.0 Å². The Morgan fingerprint density at radius 3 is 2.22 bits per heavy atom. The lowest BCUT2D eigenvalue weighted by Crippen LogP contribution is -2.19. The summed E-state index contributed by atoms with van der Waals surface area (Å²) in [7, 11) is 0. The van der Waals surface area contributed by atoms with Crippen LogP contribution in [-0.2, 0) is 5.41 Å². The molecule has 0 radical (unpaired) electrons. The Bertz CT molecular complexity index is 704. The highest BCUT2D eigenvalue weighted by molar-refractivity contribution is 6.32. The summed E-state index contributed by atoms with van der Waals surface area (Å²) in [6, 6.07) is 12.2. The maximum atomic E-state index is 8.84. The Balaban J connectivity index is 2.20. The first-order valence-electron chi connectivity index (χ1n) is 9.23. The second kappa shape index (κ2) is 10.2. The van der Waals surface area contributed by atoms with Crippen LogP contribution in [0.25, 0.3) is 0 Å². The molecule has 0 unspecified atom stereocenters. The van der Waals surface area contributed by atoms with E-state index in [1.807, 2.05) is 25.1 Å². The number of halogens is 2. The van der Waals surface area contributed by atoms with Gasteiger partial charge in [-0.1, -0.05) is 43.6 Å². The molecule has 5 heteroatoms. The van der Waals surface area contributed by atoms with E-state index in [9.17, 15) is 0 Å². The van der Waals surface area contributed by atoms with Crippen molar-refractivity contribution in [3.05, 3.63) is 58.1 Å². The van der Waals surface area contributed by atoms with Crippen molar-refractivity contribution in [1.29, 1.82) is 0 Å². The molecule has 0 aliphatic heterocycles. The molecule has 0 heterocycles. The van der Waals surface area contributed by atoms with Gasteiger partial charge in [-0.05, 0) is 48.2 Å². The van der Waals surface area contributed by atoms with E-state index in [1.54, 1.807) is 0 Å². The Hall–Kier alpha value is -1.42. The second-order valence-corrected chi connectivity index (χ2v) is 7.86. The molecule has 0 saturated carbocycles. The number of aliphatic hydroxyl groups excluding tert-OH is 1. The fraction of sp³-hybridized carbons (Fsp3) is 0.455. The van der Waals surface area contributed by atoms with Crippen LogP contribution >= 0.6 is 23.2 Å². The molecule has 0 fully saturated rings. The second-order valence-electron chi connectivity index (χ2n) is 7.07. The average Bonchev–Trinajstić information content (AvgIpc) is 2.64. The third kappa shape index (κ3) is 5.78. The van der Waals surface area contributed by atoms with E-state index in [1.165, 1.54) is 5.56 Å². The van der Waals surface area contributed by atoms with Crippen LogP contribution in [0.1, 0.15) is 43.4 Å². The lowest BCUT2D eigenvalue weighted by molar-refractivity contribution is 0.233. The Morgan fingerprint density at radius 2 is 1.63 bits per heavy atom. The number of aryl methyl sites for hydroxylation is 1. The number of hydrogen-bond acceptors (Lipinski definition) is 3. The van der Waals surface area contributed by atoms with E-state index >= 15 is 0 Å². The van der Waals surface area contributed by atoms with Gasteiger partial charge in [-0.25, -0.2) is 0 Å². The lowest BCUT2D eigenvalue weighted by atomic mass is 9.77. The van der Waals surface area contributed by atoms with E-state index in [0.717, 1.165) is 29.0 Å². The normalized spacial score (nSPS) is 11.5. The fourth-order valence-electron chi connectivity index (χ4n) is 2.89. The largest absolute Gasteiger partial charge is 0.494 e. The van der Waals surface area contributed by atoms with Gasteiger partial charge >= 0.3 is 0 Å². The molecule has 2 rings (SSSR count). The van der Waals surface area contributed by atoms with Crippen molar-refractivity contribution in [3.8, 4) is 11.5 Å². The Labute approximate surface area is 172 Å². The highest BCUT2D eigenvalue weighted by atomic mass is 35.5. The van der Waals surface area contributed by atoms with Crippen molar-refractivity contribution in [2.75, 3.05) is 25.7 Å². The number of rotatable bonds is 10. The van der Waals surface area contributed by atoms with Gasteiger partial charge in [0.15, 0.2) is 0 Å². The van der Waals surface area contributed by atoms with Crippen molar-refractivity contribution in [2.24, 2.45) is 0 Å². The fourth-order valence-corrected chi connectivity index (χ4v) is 3.32. The molecule has 0 spiro atoms. The molecule has 0 saturated heterocycles. The molecule has 3 nitrogen and oxygen atoms in total. The van der Waals surface area contributed by atoms with Crippen LogP contribution in [0, 0.1) is 6.92 Å². The lowest BCUT2D eigenvalue weighted by Gasteiger charge is -2.27. The predicted octanol–water partition coefficient (Wildman–Crippen LogP) is 5.74. The molecule has 0 atom stereocenters. The summed E-state index contributed by atoms with van der Waals surface area (Å²) in [6.45, 7) is 7.57. The van der Waals surface area contributed by atoms with E-state index in [4.69, 9.17) is 37.8 Å². The number of benzene rings is 2. The summed E-state index contributed by atoms with van der Waals surface area (Å²) in [4.78, 5) is 0. The maximum absolute atomic E-state index is 8.84. The first-order chi connectivity index (χ1) is 12.9. The topological polar surface area (TPSA) is 38.7 Å². The predicted molar refractivity (Wildman–Crippen MR) is 113 cm³/mol. The molecule has 27 heavy (non-hydrogen) atoms. The minimum atomic E-state index is -0.216. The highest BCUT2D eigenvalue weighted by Gasteiger charge is 2.25. The molecule has 2 aromatic rings. The Kier molecular flexibility index (Phi) is 8.28. The maximum Gasteiger partial charge on any atom is 0.140 e. The van der Waals surface area contributed by atoms with Gasteiger partial charge in [-0.3, -0.25) is 0 Å². The van der Waals surface area contributed by atoms with Crippen molar-refractivity contribution >= 4 is 23.2 Å². The summed E-state index contributed by atoms with van der Waals surface area (Å²) in [5.74, 6) is 2.11. The SMILES string of the molecule is Cc1cc(C(C)(C)c2ccc(OCCCO)cc2)cc(Cl)c1OCCCCl. The molecule has 0 aromatic heterocycles. The summed E-state index contributed by atoms with van der Waals surface area (Å²) in [5.41, 5.74) is 3.10. The minimum absolute atomic E-state index is 0.136. The third-order valence-electron chi connectivity index (χ3n) is 4.62. The number of alkyl halides is 1. The monoisotopic (exact) mass is 410 g/mol. The van der Waals surface area contributed by atoms with Crippen LogP contribution in [0.3, 0.4) is 0 Å². The van der Waals surface area contributed by atoms with Crippen molar-refractivity contribution in [3.63, 3.8) is 0 Å². The van der Waals surface area contributed by atoms with Gasteiger partial charge in [0.1, 0.15) is 11.5 Å². The summed E-state index contributed by atoms with van der Waals surface area (Å²) in [6.07, 6.45) is 1.42. The molecule has 0 amide bonds. The van der Waals surface area contributed by atoms with Gasteiger partial charge in [0.2, 0.25) is 0 Å². The molecular formula is C22H28Cl2O3. The first kappa shape index (κ1) is 21.9. The van der Waals surface area contributed by atoms with Crippen LogP contribution in [0.4, 0.5) is 0 Å². The average molecular weight is 411 g/mol. The zero-order chi connectivity index (χ0) is 19.9. The molecule has 2 aromatic carbocycles. The van der Waals surface area contributed by atoms with Gasteiger partial charge in [0.25, 0.3) is 0 Å². The Morgan fingerprint density at radius 1 is 0.963 bits per heavy atom. The van der Waals surface area contributed by atoms with Gasteiger partial charge in [-0.15, -0.1) is 11.6 Å². The minimum Gasteiger partial charge on any atom is -0.494 e. The molecule has 1 N–H and O–H groups in total. The van der Waals surface area contributed by atoms with Crippen molar-refractivity contribution in [1.82, 2.24) is 0 Å². The summed E-state index contributed by atoms with van der Waals surface area (Å²) < 4.78 is 11.4. The van der Waals surface area contributed by atoms with Crippen LogP contribution in [0.5, 0.6) is 11.5 Å². The zero-order valence-electron chi connectivity index (χ0n) is 16.2. The van der Waals surface area contributed by atoms with E-state index in [2.05, 4.69) is 32.0 Å². The van der Waals surface area contributed by atoms with Crippen LogP contribution < -0.4 is 9.47 Å². The quantitative estimate of drug-likeness (QED) is 0.400. The molecule has 0 aliphatic rings. The van der Waals surface area contributed by atoms with Crippen LogP contribution in [-0.4, -0.2) is 30.8 Å². The van der Waals surface area contributed by atoms with E-state index in [0.29, 0.717) is 30.5 Å². The van der Waals surface area contributed by atoms with Gasteiger partial charge in [0.05, 0.1) is 18.2 Å². The van der Waals surface area contributed by atoms with Crippen LogP contribution in [0.15, 0.2) is 36.4 Å².